The number of rotatable bonds is 5. The molecule has 0 aliphatic carbocycles. The number of phenolic OH excluding ortho intramolecular Hbond substituents is 1. The Balaban J connectivity index is 3.03. The number of nitrogens with zero attached hydrogens (tertiary/aromatic N) is 1. The lowest BCUT2D eigenvalue weighted by Gasteiger charge is -2.21. The summed E-state index contributed by atoms with van der Waals surface area (Å²) in [7, 11) is 0. The van der Waals surface area contributed by atoms with Crippen molar-refractivity contribution in [2.24, 2.45) is 0 Å². The van der Waals surface area contributed by atoms with Crippen molar-refractivity contribution < 1.29 is 9.90 Å². The highest BCUT2D eigenvalue weighted by atomic mass is 16.3. The maximum absolute atomic E-state index is 11.2. The van der Waals surface area contributed by atoms with Crippen LogP contribution < -0.4 is 4.90 Å². The molecule has 0 unspecified atom stereocenters. The van der Waals surface area contributed by atoms with Crippen molar-refractivity contribution in [1.29, 1.82) is 0 Å². The third-order valence-corrected chi connectivity index (χ3v) is 2.46. The van der Waals surface area contributed by atoms with Gasteiger partial charge in [0.05, 0.1) is 5.56 Å². The van der Waals surface area contributed by atoms with Crippen LogP contribution in [0.4, 0.5) is 5.69 Å². The van der Waals surface area contributed by atoms with Crippen LogP contribution in [0.2, 0.25) is 0 Å². The van der Waals surface area contributed by atoms with Gasteiger partial charge in [0.2, 0.25) is 0 Å². The Kier molecular flexibility index (Phi) is 4.11. The van der Waals surface area contributed by atoms with E-state index in [0.717, 1.165) is 18.8 Å². The number of Topliss-reactive ketones (excluding diaryl/α,β-unsaturated/α-hetero) is 1. The van der Waals surface area contributed by atoms with Crippen LogP contribution in [0.5, 0.6) is 5.75 Å². The summed E-state index contributed by atoms with van der Waals surface area (Å²) in [6.07, 6.45) is 1.80. The molecule has 0 aliphatic heterocycles. The van der Waals surface area contributed by atoms with Crippen molar-refractivity contribution in [2.45, 2.75) is 13.8 Å². The summed E-state index contributed by atoms with van der Waals surface area (Å²) in [5.41, 5.74) is 1.25. The first-order valence-corrected chi connectivity index (χ1v) is 5.30. The van der Waals surface area contributed by atoms with Gasteiger partial charge in [-0.05, 0) is 26.0 Å². The number of phenols is 1. The first-order valence-electron chi connectivity index (χ1n) is 5.30. The monoisotopic (exact) mass is 219 g/mol. The lowest BCUT2D eigenvalue weighted by Crippen LogP contribution is -2.22. The van der Waals surface area contributed by atoms with Crippen LogP contribution in [0.15, 0.2) is 30.9 Å². The van der Waals surface area contributed by atoms with E-state index in [1.54, 1.807) is 18.2 Å². The van der Waals surface area contributed by atoms with Crippen LogP contribution in [-0.4, -0.2) is 24.0 Å². The zero-order valence-corrected chi connectivity index (χ0v) is 9.73. The molecule has 0 atom stereocenters. The summed E-state index contributed by atoms with van der Waals surface area (Å²) < 4.78 is 0. The predicted octanol–water partition coefficient (Wildman–Crippen LogP) is 2.61. The van der Waals surface area contributed by atoms with E-state index in [-0.39, 0.29) is 11.5 Å². The number of carbonyl (C=O) groups excluding carboxylic acids is 1. The Labute approximate surface area is 96.0 Å². The Morgan fingerprint density at radius 3 is 2.69 bits per heavy atom. The lowest BCUT2D eigenvalue weighted by atomic mass is 10.1. The van der Waals surface area contributed by atoms with Crippen LogP contribution in [-0.2, 0) is 0 Å². The normalized spacial score (nSPS) is 9.88. The third-order valence-electron chi connectivity index (χ3n) is 2.46. The van der Waals surface area contributed by atoms with Crippen LogP contribution in [0.3, 0.4) is 0 Å². The van der Waals surface area contributed by atoms with E-state index < -0.39 is 0 Å². The van der Waals surface area contributed by atoms with Gasteiger partial charge < -0.3 is 10.0 Å². The molecule has 86 valence electrons. The number of hydrogen-bond donors (Lipinski definition) is 1. The Bertz CT molecular complexity index is 399. The minimum Gasteiger partial charge on any atom is -0.507 e. The van der Waals surface area contributed by atoms with Gasteiger partial charge in [0, 0.05) is 24.8 Å². The molecule has 0 aromatic heterocycles. The molecular formula is C13H17NO2. The highest BCUT2D eigenvalue weighted by Crippen LogP contribution is 2.24. The maximum atomic E-state index is 11.2. The first kappa shape index (κ1) is 12.3. The van der Waals surface area contributed by atoms with E-state index in [1.165, 1.54) is 6.92 Å². The molecule has 3 heteroatoms. The molecule has 0 heterocycles. The zero-order valence-electron chi connectivity index (χ0n) is 9.73. The minimum atomic E-state index is -0.129. The van der Waals surface area contributed by atoms with E-state index in [4.69, 9.17) is 0 Å². The van der Waals surface area contributed by atoms with Crippen molar-refractivity contribution >= 4 is 11.5 Å². The number of benzene rings is 1. The lowest BCUT2D eigenvalue weighted by molar-refractivity contribution is 0.101. The van der Waals surface area contributed by atoms with Crippen molar-refractivity contribution in [3.05, 3.63) is 36.4 Å². The molecule has 3 nitrogen and oxygen atoms in total. The summed E-state index contributed by atoms with van der Waals surface area (Å²) >= 11 is 0. The van der Waals surface area contributed by atoms with Crippen LogP contribution >= 0.6 is 0 Å². The summed E-state index contributed by atoms with van der Waals surface area (Å²) in [4.78, 5) is 13.2. The van der Waals surface area contributed by atoms with Crippen LogP contribution in [0.25, 0.3) is 0 Å². The molecule has 0 spiro atoms. The van der Waals surface area contributed by atoms with Gasteiger partial charge in [-0.1, -0.05) is 6.08 Å². The molecule has 16 heavy (non-hydrogen) atoms. The molecule has 1 rings (SSSR count). The van der Waals surface area contributed by atoms with Gasteiger partial charge in [0.15, 0.2) is 5.78 Å². The van der Waals surface area contributed by atoms with Crippen molar-refractivity contribution in [3.8, 4) is 5.75 Å². The highest BCUT2D eigenvalue weighted by Gasteiger charge is 2.09. The Morgan fingerprint density at radius 2 is 2.25 bits per heavy atom. The summed E-state index contributed by atoms with van der Waals surface area (Å²) in [6.45, 7) is 8.69. The molecule has 0 fully saturated rings. The van der Waals surface area contributed by atoms with Crippen molar-refractivity contribution in [1.82, 2.24) is 0 Å². The fraction of sp³-hybridized carbons (Fsp3) is 0.308. The molecule has 0 aliphatic rings. The van der Waals surface area contributed by atoms with Crippen molar-refractivity contribution in [2.75, 3.05) is 18.0 Å². The quantitative estimate of drug-likeness (QED) is 0.611. The van der Waals surface area contributed by atoms with E-state index >= 15 is 0 Å². The van der Waals surface area contributed by atoms with Gasteiger partial charge in [-0.2, -0.15) is 0 Å². The molecule has 0 radical (unpaired) electrons. The van der Waals surface area contributed by atoms with Gasteiger partial charge in [-0.3, -0.25) is 4.79 Å². The molecule has 1 aromatic carbocycles. The van der Waals surface area contributed by atoms with Gasteiger partial charge in [0.25, 0.3) is 0 Å². The minimum absolute atomic E-state index is 0.0347. The molecule has 1 aromatic rings. The molecule has 0 amide bonds. The second-order valence-corrected chi connectivity index (χ2v) is 3.58. The van der Waals surface area contributed by atoms with Crippen molar-refractivity contribution in [3.63, 3.8) is 0 Å². The second-order valence-electron chi connectivity index (χ2n) is 3.58. The fourth-order valence-electron chi connectivity index (χ4n) is 1.59. The SMILES string of the molecule is C=CCN(CC)c1ccc(C(C)=O)c(O)c1. The smallest absolute Gasteiger partial charge is 0.163 e. The van der Waals surface area contributed by atoms with E-state index in [2.05, 4.69) is 11.5 Å². The number of likely N-dealkylation sites (N-methyl/N-ethyl adjacent to an activating group) is 1. The number of hydrogen-bond acceptors (Lipinski definition) is 3. The molecular weight excluding hydrogens is 202 g/mol. The number of carbonyl (C=O) groups is 1. The number of anilines is 1. The zero-order chi connectivity index (χ0) is 12.1. The van der Waals surface area contributed by atoms with Gasteiger partial charge in [-0.15, -0.1) is 6.58 Å². The molecule has 0 saturated carbocycles. The first-order chi connectivity index (χ1) is 7.60. The Hall–Kier alpha value is -1.77. The Morgan fingerprint density at radius 1 is 1.56 bits per heavy atom. The average Bonchev–Trinajstić information content (AvgIpc) is 2.25. The van der Waals surface area contributed by atoms with Crippen LogP contribution in [0.1, 0.15) is 24.2 Å². The van der Waals surface area contributed by atoms with Crippen LogP contribution in [0, 0.1) is 0 Å². The van der Waals surface area contributed by atoms with E-state index in [9.17, 15) is 9.90 Å². The molecule has 1 N–H and O–H groups in total. The van der Waals surface area contributed by atoms with E-state index in [0.29, 0.717) is 5.56 Å². The summed E-state index contributed by atoms with van der Waals surface area (Å²) in [5, 5.41) is 9.70. The van der Waals surface area contributed by atoms with Gasteiger partial charge in [0.1, 0.15) is 5.75 Å². The largest absolute Gasteiger partial charge is 0.507 e. The third kappa shape index (κ3) is 2.63. The topological polar surface area (TPSA) is 40.5 Å². The fourth-order valence-corrected chi connectivity index (χ4v) is 1.59. The second kappa shape index (κ2) is 5.35. The van der Waals surface area contributed by atoms with Gasteiger partial charge in [-0.25, -0.2) is 0 Å². The standard InChI is InChI=1S/C13H17NO2/c1-4-8-14(5-2)11-6-7-12(10(3)15)13(16)9-11/h4,6-7,9,16H,1,5,8H2,2-3H3. The van der Waals surface area contributed by atoms with E-state index in [1.807, 2.05) is 13.0 Å². The number of ketones is 1. The number of aromatic hydroxyl groups is 1. The van der Waals surface area contributed by atoms with Gasteiger partial charge >= 0.3 is 0 Å². The summed E-state index contributed by atoms with van der Waals surface area (Å²) in [5.74, 6) is -0.0941. The maximum Gasteiger partial charge on any atom is 0.163 e. The summed E-state index contributed by atoms with van der Waals surface area (Å²) in [6, 6.07) is 5.10. The average molecular weight is 219 g/mol. The molecule has 0 bridgehead atoms. The molecule has 0 saturated heterocycles. The highest BCUT2D eigenvalue weighted by molar-refractivity contribution is 5.97. The predicted molar refractivity (Wildman–Crippen MR) is 66.2 cm³/mol.